The van der Waals surface area contributed by atoms with Crippen molar-refractivity contribution >= 4 is 40.0 Å². The van der Waals surface area contributed by atoms with Crippen molar-refractivity contribution in [3.8, 4) is 0 Å². The van der Waals surface area contributed by atoms with Crippen LogP contribution in [-0.4, -0.2) is 45.3 Å². The molecule has 1 aliphatic heterocycles. The number of piperidine rings is 1. The molecule has 0 bridgehead atoms. The fourth-order valence-corrected chi connectivity index (χ4v) is 4.92. The zero-order valence-corrected chi connectivity index (χ0v) is 17.5. The minimum absolute atomic E-state index is 0.0746. The summed E-state index contributed by atoms with van der Waals surface area (Å²) in [6.45, 7) is 5.10. The molecule has 1 atom stereocenters. The van der Waals surface area contributed by atoms with Crippen LogP contribution in [0.2, 0.25) is 0 Å². The highest BCUT2D eigenvalue weighted by Crippen LogP contribution is 2.30. The SMILES string of the molecule is CC[C@H](C)Sc1nnc(NC(=O)C2CCN(C(=O)c3ccccc3F)CC2)s1. The molecule has 1 aromatic heterocycles. The van der Waals surface area contributed by atoms with Gasteiger partial charge in [0.25, 0.3) is 5.91 Å². The molecular formula is C19H23FN4O2S2. The van der Waals surface area contributed by atoms with Gasteiger partial charge in [-0.2, -0.15) is 0 Å². The van der Waals surface area contributed by atoms with Gasteiger partial charge in [-0.3, -0.25) is 9.59 Å². The Morgan fingerprint density at radius 3 is 2.71 bits per heavy atom. The molecule has 0 radical (unpaired) electrons. The Kier molecular flexibility index (Phi) is 7.01. The van der Waals surface area contributed by atoms with E-state index in [1.807, 2.05) is 0 Å². The quantitative estimate of drug-likeness (QED) is 0.561. The number of aromatic nitrogens is 2. The van der Waals surface area contributed by atoms with Crippen LogP contribution in [0.15, 0.2) is 28.6 Å². The first kappa shape index (κ1) is 20.7. The van der Waals surface area contributed by atoms with Crippen LogP contribution < -0.4 is 5.32 Å². The standard InChI is InChI=1S/C19H23FN4O2S2/c1-3-12(2)27-19-23-22-18(28-19)21-16(25)13-8-10-24(11-9-13)17(26)14-6-4-5-7-15(14)20/h4-7,12-13H,3,8-11H2,1-2H3,(H,21,22,25)/t12-/m0/s1. The van der Waals surface area contributed by atoms with Gasteiger partial charge < -0.3 is 10.2 Å². The van der Waals surface area contributed by atoms with E-state index in [9.17, 15) is 14.0 Å². The van der Waals surface area contributed by atoms with Gasteiger partial charge in [0.1, 0.15) is 5.82 Å². The molecular weight excluding hydrogens is 399 g/mol. The first-order chi connectivity index (χ1) is 13.5. The topological polar surface area (TPSA) is 75.2 Å². The van der Waals surface area contributed by atoms with Crippen molar-refractivity contribution < 1.29 is 14.0 Å². The van der Waals surface area contributed by atoms with Crippen molar-refractivity contribution in [1.29, 1.82) is 0 Å². The van der Waals surface area contributed by atoms with Crippen molar-refractivity contribution in [3.63, 3.8) is 0 Å². The first-order valence-electron chi connectivity index (χ1n) is 9.32. The number of carbonyl (C=O) groups excluding carboxylic acids is 2. The number of thioether (sulfide) groups is 1. The molecule has 2 heterocycles. The van der Waals surface area contributed by atoms with Gasteiger partial charge in [-0.05, 0) is 31.4 Å². The number of halogens is 1. The summed E-state index contributed by atoms with van der Waals surface area (Å²) in [5, 5.41) is 11.9. The Balaban J connectivity index is 1.51. The predicted octanol–water partition coefficient (Wildman–Crippen LogP) is 4.06. The molecule has 2 amide bonds. The highest BCUT2D eigenvalue weighted by atomic mass is 32.2. The van der Waals surface area contributed by atoms with Crippen molar-refractivity contribution in [2.75, 3.05) is 18.4 Å². The normalized spacial score (nSPS) is 16.0. The van der Waals surface area contributed by atoms with Gasteiger partial charge in [-0.25, -0.2) is 4.39 Å². The van der Waals surface area contributed by atoms with Gasteiger partial charge >= 0.3 is 0 Å². The summed E-state index contributed by atoms with van der Waals surface area (Å²) in [7, 11) is 0. The van der Waals surface area contributed by atoms with Crippen LogP contribution in [0.25, 0.3) is 0 Å². The Morgan fingerprint density at radius 1 is 1.32 bits per heavy atom. The number of nitrogens with one attached hydrogen (secondary N) is 1. The summed E-state index contributed by atoms with van der Waals surface area (Å²) in [6, 6.07) is 5.97. The number of benzene rings is 1. The zero-order valence-electron chi connectivity index (χ0n) is 15.9. The van der Waals surface area contributed by atoms with Crippen molar-refractivity contribution in [2.24, 2.45) is 5.92 Å². The third kappa shape index (κ3) is 5.08. The first-order valence-corrected chi connectivity index (χ1v) is 11.0. The number of rotatable bonds is 6. The molecule has 1 N–H and O–H groups in total. The lowest BCUT2D eigenvalue weighted by Crippen LogP contribution is -2.41. The second kappa shape index (κ2) is 9.47. The number of nitrogens with zero attached hydrogens (tertiary/aromatic N) is 3. The summed E-state index contributed by atoms with van der Waals surface area (Å²) in [5.41, 5.74) is 0.0746. The van der Waals surface area contributed by atoms with Crippen LogP contribution in [0.3, 0.4) is 0 Å². The molecule has 150 valence electrons. The average Bonchev–Trinajstić information content (AvgIpc) is 3.14. The lowest BCUT2D eigenvalue weighted by molar-refractivity contribution is -0.121. The van der Waals surface area contributed by atoms with Crippen LogP contribution in [0, 0.1) is 11.7 Å². The third-order valence-corrected chi connectivity index (χ3v) is 6.96. The number of likely N-dealkylation sites (tertiary alicyclic amines) is 1. The number of hydrogen-bond acceptors (Lipinski definition) is 6. The Bertz CT molecular complexity index is 837. The van der Waals surface area contributed by atoms with Gasteiger partial charge in [0, 0.05) is 24.3 Å². The van der Waals surface area contributed by atoms with Crippen molar-refractivity contribution in [3.05, 3.63) is 35.6 Å². The second-order valence-electron chi connectivity index (χ2n) is 6.75. The number of carbonyl (C=O) groups is 2. The molecule has 0 saturated carbocycles. The minimum atomic E-state index is -0.519. The van der Waals surface area contributed by atoms with Crippen LogP contribution in [-0.2, 0) is 4.79 Å². The monoisotopic (exact) mass is 422 g/mol. The van der Waals surface area contributed by atoms with Gasteiger partial charge in [-0.1, -0.05) is 49.1 Å². The molecule has 0 aliphatic carbocycles. The van der Waals surface area contributed by atoms with Gasteiger partial charge in [0.15, 0.2) is 4.34 Å². The van der Waals surface area contributed by atoms with Crippen LogP contribution >= 0.6 is 23.1 Å². The zero-order chi connectivity index (χ0) is 20.1. The van der Waals surface area contributed by atoms with Gasteiger partial charge in [0.2, 0.25) is 11.0 Å². The summed E-state index contributed by atoms with van der Waals surface area (Å²) in [5.74, 6) is -1.14. The molecule has 1 aliphatic rings. The molecule has 1 aromatic carbocycles. The third-order valence-electron chi connectivity index (χ3n) is 4.77. The molecule has 1 saturated heterocycles. The number of anilines is 1. The lowest BCUT2D eigenvalue weighted by Gasteiger charge is -2.31. The average molecular weight is 423 g/mol. The maximum Gasteiger partial charge on any atom is 0.256 e. The van der Waals surface area contributed by atoms with E-state index in [1.54, 1.807) is 28.8 Å². The lowest BCUT2D eigenvalue weighted by atomic mass is 9.95. The molecule has 3 rings (SSSR count). The van der Waals surface area contributed by atoms with Crippen molar-refractivity contribution in [1.82, 2.24) is 15.1 Å². The van der Waals surface area contributed by atoms with E-state index < -0.39 is 5.82 Å². The van der Waals surface area contributed by atoms with E-state index in [4.69, 9.17) is 0 Å². The minimum Gasteiger partial charge on any atom is -0.339 e. The van der Waals surface area contributed by atoms with E-state index in [0.717, 1.165) is 10.8 Å². The Morgan fingerprint density at radius 2 is 2.04 bits per heavy atom. The van der Waals surface area contributed by atoms with E-state index in [1.165, 1.54) is 23.5 Å². The Labute approximate surface area is 171 Å². The van der Waals surface area contributed by atoms with Crippen LogP contribution in [0.1, 0.15) is 43.5 Å². The number of amides is 2. The van der Waals surface area contributed by atoms with Crippen LogP contribution in [0.5, 0.6) is 0 Å². The fraction of sp³-hybridized carbons (Fsp3) is 0.474. The van der Waals surface area contributed by atoms with E-state index in [0.29, 0.717) is 36.3 Å². The molecule has 6 nitrogen and oxygen atoms in total. The van der Waals surface area contributed by atoms with E-state index >= 15 is 0 Å². The Hall–Kier alpha value is -2.00. The van der Waals surface area contributed by atoms with Crippen molar-refractivity contribution in [2.45, 2.75) is 42.7 Å². The van der Waals surface area contributed by atoms with Crippen LogP contribution in [0.4, 0.5) is 9.52 Å². The fourth-order valence-electron chi connectivity index (χ4n) is 2.92. The summed E-state index contributed by atoms with van der Waals surface area (Å²) in [4.78, 5) is 26.6. The summed E-state index contributed by atoms with van der Waals surface area (Å²) >= 11 is 3.02. The van der Waals surface area contributed by atoms with E-state index in [-0.39, 0.29) is 23.3 Å². The largest absolute Gasteiger partial charge is 0.339 e. The summed E-state index contributed by atoms with van der Waals surface area (Å²) < 4.78 is 14.7. The predicted molar refractivity (Wildman–Crippen MR) is 109 cm³/mol. The molecule has 28 heavy (non-hydrogen) atoms. The van der Waals surface area contributed by atoms with E-state index in [2.05, 4.69) is 29.4 Å². The van der Waals surface area contributed by atoms with Gasteiger partial charge in [-0.15, -0.1) is 10.2 Å². The molecule has 2 aromatic rings. The maximum atomic E-state index is 13.8. The smallest absolute Gasteiger partial charge is 0.256 e. The van der Waals surface area contributed by atoms with Gasteiger partial charge in [0.05, 0.1) is 5.56 Å². The molecule has 1 fully saturated rings. The highest BCUT2D eigenvalue weighted by Gasteiger charge is 2.29. The number of hydrogen-bond donors (Lipinski definition) is 1. The molecule has 9 heteroatoms. The second-order valence-corrected chi connectivity index (χ2v) is 9.41. The summed E-state index contributed by atoms with van der Waals surface area (Å²) in [6.07, 6.45) is 2.12. The highest BCUT2D eigenvalue weighted by molar-refractivity contribution is 8.01. The molecule has 0 spiro atoms. The maximum absolute atomic E-state index is 13.8. The molecule has 0 unspecified atom stereocenters.